The van der Waals surface area contributed by atoms with E-state index in [1.54, 1.807) is 11.0 Å². The van der Waals surface area contributed by atoms with E-state index in [4.69, 9.17) is 0 Å². The molecule has 3 heterocycles. The normalized spacial score (nSPS) is 11.4. The Morgan fingerprint density at radius 2 is 1.88 bits per heavy atom. The first-order chi connectivity index (χ1) is 12.3. The molecule has 0 atom stereocenters. The van der Waals surface area contributed by atoms with Gasteiger partial charge in [-0.15, -0.1) is 0 Å². The first-order valence-corrected chi connectivity index (χ1v) is 8.10. The fraction of sp³-hybridized carbons (Fsp3) is 0.0500. The molecule has 0 amide bonds. The summed E-state index contributed by atoms with van der Waals surface area (Å²) in [7, 11) is 1.92. The van der Waals surface area contributed by atoms with Crippen LogP contribution in [0, 0.1) is 0 Å². The molecular weight excluding hydrogens is 310 g/mol. The molecule has 0 aliphatic carbocycles. The van der Waals surface area contributed by atoms with Crippen LogP contribution >= 0.6 is 0 Å². The summed E-state index contributed by atoms with van der Waals surface area (Å²) in [6.45, 7) is 0. The number of hydrogen-bond acceptors (Lipinski definition) is 3. The number of fused-ring (bicyclic) bond motifs is 2. The average Bonchev–Trinajstić information content (AvgIpc) is 3.27. The highest BCUT2D eigenvalue weighted by atomic mass is 15.2. The minimum absolute atomic E-state index is 0.927. The molecule has 5 heteroatoms. The summed E-state index contributed by atoms with van der Waals surface area (Å²) >= 11 is 0. The number of nitrogens with zero attached hydrogens (tertiary/aromatic N) is 4. The molecule has 0 fully saturated rings. The lowest BCUT2D eigenvalue weighted by molar-refractivity contribution is 0.768. The number of benzene rings is 2. The van der Waals surface area contributed by atoms with Gasteiger partial charge in [-0.2, -0.15) is 5.10 Å². The Kier molecular flexibility index (Phi) is 2.94. The first kappa shape index (κ1) is 13.9. The van der Waals surface area contributed by atoms with Crippen molar-refractivity contribution < 1.29 is 0 Å². The van der Waals surface area contributed by atoms with Crippen molar-refractivity contribution in [3.05, 3.63) is 67.4 Å². The molecule has 0 bridgehead atoms. The molecular formula is C20H15N5. The molecule has 5 rings (SSSR count). The van der Waals surface area contributed by atoms with E-state index in [1.807, 2.05) is 37.8 Å². The molecule has 5 nitrogen and oxygen atoms in total. The lowest BCUT2D eigenvalue weighted by Gasteiger charge is -2.06. The molecule has 3 aromatic heterocycles. The van der Waals surface area contributed by atoms with E-state index in [9.17, 15) is 0 Å². The predicted octanol–water partition coefficient (Wildman–Crippen LogP) is 4.18. The van der Waals surface area contributed by atoms with E-state index in [0.717, 1.165) is 38.8 Å². The average molecular weight is 325 g/mol. The van der Waals surface area contributed by atoms with Crippen molar-refractivity contribution in [1.82, 2.24) is 24.7 Å². The Morgan fingerprint density at radius 1 is 0.960 bits per heavy atom. The van der Waals surface area contributed by atoms with E-state index in [0.29, 0.717) is 0 Å². The number of aromatic amines is 1. The summed E-state index contributed by atoms with van der Waals surface area (Å²) in [5.41, 5.74) is 6.26. The van der Waals surface area contributed by atoms with Crippen molar-refractivity contribution in [2.45, 2.75) is 0 Å². The van der Waals surface area contributed by atoms with Gasteiger partial charge in [-0.3, -0.25) is 4.68 Å². The van der Waals surface area contributed by atoms with Crippen LogP contribution in [0.15, 0.2) is 67.4 Å². The Hall–Kier alpha value is -3.47. The Bertz CT molecular complexity index is 1220. The zero-order valence-corrected chi connectivity index (χ0v) is 13.6. The maximum absolute atomic E-state index is 4.56. The summed E-state index contributed by atoms with van der Waals surface area (Å²) in [6, 6.07) is 14.5. The van der Waals surface area contributed by atoms with Crippen molar-refractivity contribution >= 4 is 21.8 Å². The van der Waals surface area contributed by atoms with E-state index in [1.165, 1.54) is 5.39 Å². The quantitative estimate of drug-likeness (QED) is 0.530. The zero-order valence-electron chi connectivity index (χ0n) is 13.6. The van der Waals surface area contributed by atoms with Crippen LogP contribution in [0.4, 0.5) is 0 Å². The molecule has 0 radical (unpaired) electrons. The predicted molar refractivity (Wildman–Crippen MR) is 99.0 cm³/mol. The van der Waals surface area contributed by atoms with Crippen LogP contribution in [0.3, 0.4) is 0 Å². The number of aryl methyl sites for hydroxylation is 1. The van der Waals surface area contributed by atoms with E-state index < -0.39 is 0 Å². The zero-order chi connectivity index (χ0) is 16.8. The van der Waals surface area contributed by atoms with Crippen molar-refractivity contribution in [2.24, 2.45) is 7.05 Å². The lowest BCUT2D eigenvalue weighted by atomic mass is 10.0. The minimum Gasteiger partial charge on any atom is -0.360 e. The molecule has 0 aliphatic rings. The summed E-state index contributed by atoms with van der Waals surface area (Å²) in [5.74, 6) is 0. The van der Waals surface area contributed by atoms with Crippen molar-refractivity contribution in [3.63, 3.8) is 0 Å². The number of hydrogen-bond donors (Lipinski definition) is 1. The molecule has 120 valence electrons. The molecule has 1 N–H and O–H groups in total. The van der Waals surface area contributed by atoms with Crippen molar-refractivity contribution in [3.8, 4) is 22.4 Å². The topological polar surface area (TPSA) is 59.4 Å². The summed E-state index contributed by atoms with van der Waals surface area (Å²) in [4.78, 5) is 12.4. The fourth-order valence-corrected chi connectivity index (χ4v) is 3.29. The van der Waals surface area contributed by atoms with Crippen LogP contribution in [0.25, 0.3) is 44.2 Å². The monoisotopic (exact) mass is 325 g/mol. The van der Waals surface area contributed by atoms with E-state index in [2.05, 4.69) is 50.4 Å². The van der Waals surface area contributed by atoms with Crippen LogP contribution in [-0.4, -0.2) is 24.7 Å². The van der Waals surface area contributed by atoms with Crippen molar-refractivity contribution in [1.29, 1.82) is 0 Å². The SMILES string of the molecule is Cn1cc(-c2ccc3c(-c4c[nH]c5ccccc45)ncnc3c2)cn1. The molecule has 0 saturated heterocycles. The molecule has 5 aromatic rings. The second-order valence-corrected chi connectivity index (χ2v) is 6.10. The van der Waals surface area contributed by atoms with Gasteiger partial charge in [0.15, 0.2) is 0 Å². The van der Waals surface area contributed by atoms with Gasteiger partial charge in [0, 0.05) is 46.9 Å². The highest BCUT2D eigenvalue weighted by Gasteiger charge is 2.12. The van der Waals surface area contributed by atoms with Gasteiger partial charge in [0.1, 0.15) is 6.33 Å². The van der Waals surface area contributed by atoms with Crippen LogP contribution in [-0.2, 0) is 7.05 Å². The molecule has 25 heavy (non-hydrogen) atoms. The van der Waals surface area contributed by atoms with Gasteiger partial charge < -0.3 is 4.98 Å². The molecule has 0 spiro atoms. The van der Waals surface area contributed by atoms with Crippen LogP contribution in [0.5, 0.6) is 0 Å². The maximum atomic E-state index is 4.56. The van der Waals surface area contributed by atoms with Crippen molar-refractivity contribution in [2.75, 3.05) is 0 Å². The van der Waals surface area contributed by atoms with Gasteiger partial charge in [-0.1, -0.05) is 24.3 Å². The number of nitrogens with one attached hydrogen (secondary N) is 1. The lowest BCUT2D eigenvalue weighted by Crippen LogP contribution is -1.89. The third kappa shape index (κ3) is 2.21. The second-order valence-electron chi connectivity index (χ2n) is 6.10. The van der Waals surface area contributed by atoms with Gasteiger partial charge in [0.25, 0.3) is 0 Å². The maximum Gasteiger partial charge on any atom is 0.116 e. The smallest absolute Gasteiger partial charge is 0.116 e. The van der Waals surface area contributed by atoms with E-state index in [-0.39, 0.29) is 0 Å². The van der Waals surface area contributed by atoms with Gasteiger partial charge >= 0.3 is 0 Å². The van der Waals surface area contributed by atoms with Gasteiger partial charge in [0.05, 0.1) is 17.4 Å². The van der Waals surface area contributed by atoms with E-state index >= 15 is 0 Å². The highest BCUT2D eigenvalue weighted by molar-refractivity contribution is 6.03. The first-order valence-electron chi connectivity index (χ1n) is 8.10. The third-order valence-electron chi connectivity index (χ3n) is 4.52. The second kappa shape index (κ2) is 5.27. The molecule has 2 aromatic carbocycles. The molecule has 0 saturated carbocycles. The van der Waals surface area contributed by atoms with Crippen LogP contribution in [0.2, 0.25) is 0 Å². The summed E-state index contributed by atoms with van der Waals surface area (Å²) in [5, 5.41) is 6.45. The van der Waals surface area contributed by atoms with Gasteiger partial charge in [-0.25, -0.2) is 9.97 Å². The Balaban J connectivity index is 1.72. The highest BCUT2D eigenvalue weighted by Crippen LogP contribution is 2.33. The number of rotatable bonds is 2. The summed E-state index contributed by atoms with van der Waals surface area (Å²) < 4.78 is 1.80. The Morgan fingerprint density at radius 3 is 2.76 bits per heavy atom. The minimum atomic E-state index is 0.927. The Labute approximate surface area is 144 Å². The fourth-order valence-electron chi connectivity index (χ4n) is 3.29. The third-order valence-corrected chi connectivity index (χ3v) is 4.52. The number of para-hydroxylation sites is 1. The summed E-state index contributed by atoms with van der Waals surface area (Å²) in [6.07, 6.45) is 7.51. The number of aromatic nitrogens is 5. The molecule has 0 aliphatic heterocycles. The van der Waals surface area contributed by atoms with Crippen LogP contribution < -0.4 is 0 Å². The van der Waals surface area contributed by atoms with Crippen LogP contribution in [0.1, 0.15) is 0 Å². The largest absolute Gasteiger partial charge is 0.360 e. The van der Waals surface area contributed by atoms with Gasteiger partial charge in [0.2, 0.25) is 0 Å². The van der Waals surface area contributed by atoms with Gasteiger partial charge in [-0.05, 0) is 23.8 Å². The number of H-pyrrole nitrogens is 1. The standard InChI is InChI=1S/C20H15N5/c1-25-11-14(9-24-25)13-6-7-16-19(8-13)22-12-23-20(16)17-10-21-18-5-3-2-4-15(17)18/h2-12,21H,1H3. The molecule has 0 unspecified atom stereocenters.